The second kappa shape index (κ2) is 5.67. The maximum atomic E-state index is 11.1. The highest BCUT2D eigenvalue weighted by Crippen LogP contribution is 2.11. The highest BCUT2D eigenvalue weighted by atomic mass is 16.1. The van der Waals surface area contributed by atoms with E-state index < -0.39 is 5.91 Å². The molecule has 0 fully saturated rings. The number of aromatic nitrogens is 2. The quantitative estimate of drug-likeness (QED) is 0.850. The zero-order valence-electron chi connectivity index (χ0n) is 11.1. The van der Waals surface area contributed by atoms with Crippen molar-refractivity contribution in [2.45, 2.75) is 19.5 Å². The van der Waals surface area contributed by atoms with Gasteiger partial charge in [-0.15, -0.1) is 0 Å². The van der Waals surface area contributed by atoms with Crippen molar-refractivity contribution in [3.8, 4) is 0 Å². The number of aryl methyl sites for hydroxylation is 1. The van der Waals surface area contributed by atoms with Crippen molar-refractivity contribution < 1.29 is 4.79 Å². The molecule has 0 spiro atoms. The summed E-state index contributed by atoms with van der Waals surface area (Å²) in [6, 6.07) is 7.46. The third-order valence-electron chi connectivity index (χ3n) is 3.07. The molecule has 5 heteroatoms. The average molecular weight is 258 g/mol. The van der Waals surface area contributed by atoms with Crippen molar-refractivity contribution in [3.63, 3.8) is 0 Å². The summed E-state index contributed by atoms with van der Waals surface area (Å²) in [5.41, 5.74) is 6.82. The van der Waals surface area contributed by atoms with Crippen LogP contribution in [-0.2, 0) is 13.6 Å². The molecule has 1 unspecified atom stereocenters. The predicted molar refractivity (Wildman–Crippen MR) is 73.4 cm³/mol. The third-order valence-corrected chi connectivity index (χ3v) is 3.07. The molecule has 0 aliphatic carbocycles. The summed E-state index contributed by atoms with van der Waals surface area (Å²) in [4.78, 5) is 15.4. The number of hydrogen-bond acceptors (Lipinski definition) is 3. The molecule has 1 aromatic heterocycles. The molecule has 0 radical (unpaired) electrons. The van der Waals surface area contributed by atoms with E-state index in [2.05, 4.69) is 17.2 Å². The molecule has 100 valence electrons. The van der Waals surface area contributed by atoms with Crippen LogP contribution in [0.1, 0.15) is 34.7 Å². The first-order chi connectivity index (χ1) is 9.08. The Balaban J connectivity index is 2.01. The first-order valence-corrected chi connectivity index (χ1v) is 6.17. The van der Waals surface area contributed by atoms with Gasteiger partial charge in [0.2, 0.25) is 5.91 Å². The molecule has 5 nitrogen and oxygen atoms in total. The lowest BCUT2D eigenvalue weighted by Gasteiger charge is -2.14. The van der Waals surface area contributed by atoms with Crippen molar-refractivity contribution in [1.82, 2.24) is 14.9 Å². The van der Waals surface area contributed by atoms with Crippen molar-refractivity contribution in [2.75, 3.05) is 0 Å². The Hall–Kier alpha value is -2.14. The maximum absolute atomic E-state index is 11.1. The van der Waals surface area contributed by atoms with Gasteiger partial charge < -0.3 is 15.6 Å². The summed E-state index contributed by atoms with van der Waals surface area (Å²) in [6.45, 7) is 2.72. The summed E-state index contributed by atoms with van der Waals surface area (Å²) >= 11 is 0. The Morgan fingerprint density at radius 2 is 2.32 bits per heavy atom. The second-order valence-electron chi connectivity index (χ2n) is 4.56. The van der Waals surface area contributed by atoms with Crippen molar-refractivity contribution in [2.24, 2.45) is 12.8 Å². The zero-order valence-corrected chi connectivity index (χ0v) is 11.1. The van der Waals surface area contributed by atoms with Gasteiger partial charge in [-0.2, -0.15) is 0 Å². The van der Waals surface area contributed by atoms with Crippen LogP contribution in [0, 0.1) is 0 Å². The molecule has 1 aromatic carbocycles. The van der Waals surface area contributed by atoms with Crippen LogP contribution in [0.25, 0.3) is 0 Å². The summed E-state index contributed by atoms with van der Waals surface area (Å²) in [7, 11) is 1.97. The van der Waals surface area contributed by atoms with E-state index >= 15 is 0 Å². The smallest absolute Gasteiger partial charge is 0.248 e. The molecule has 1 heterocycles. The Bertz CT molecular complexity index is 576. The van der Waals surface area contributed by atoms with Gasteiger partial charge in [0.25, 0.3) is 0 Å². The number of imidazole rings is 1. The Kier molecular flexibility index (Phi) is 3.97. The molecule has 0 bridgehead atoms. The number of amides is 1. The number of carbonyl (C=O) groups is 1. The number of primary amides is 1. The molecule has 3 N–H and O–H groups in total. The topological polar surface area (TPSA) is 72.9 Å². The minimum Gasteiger partial charge on any atom is -0.366 e. The highest BCUT2D eigenvalue weighted by molar-refractivity contribution is 5.92. The number of rotatable bonds is 5. The molecule has 1 amide bonds. The predicted octanol–water partition coefficient (Wildman–Crippen LogP) is 1.37. The lowest BCUT2D eigenvalue weighted by molar-refractivity contribution is 0.1000. The van der Waals surface area contributed by atoms with Gasteiger partial charge in [0, 0.05) is 31.5 Å². The fourth-order valence-electron chi connectivity index (χ4n) is 1.99. The highest BCUT2D eigenvalue weighted by Gasteiger charge is 2.09. The molecule has 1 atom stereocenters. The zero-order chi connectivity index (χ0) is 13.8. The Morgan fingerprint density at radius 1 is 1.53 bits per heavy atom. The van der Waals surface area contributed by atoms with E-state index in [1.54, 1.807) is 18.3 Å². The molecule has 0 aliphatic heterocycles. The van der Waals surface area contributed by atoms with Crippen molar-refractivity contribution >= 4 is 5.91 Å². The van der Waals surface area contributed by atoms with Gasteiger partial charge in [0.05, 0.1) is 6.04 Å². The summed E-state index contributed by atoms with van der Waals surface area (Å²) in [6.07, 6.45) is 3.70. The Labute approximate surface area is 112 Å². The van der Waals surface area contributed by atoms with Crippen LogP contribution in [0.3, 0.4) is 0 Å². The molecule has 0 saturated heterocycles. The van der Waals surface area contributed by atoms with Crippen LogP contribution < -0.4 is 11.1 Å². The van der Waals surface area contributed by atoms with Crippen LogP contribution in [0.5, 0.6) is 0 Å². The van der Waals surface area contributed by atoms with E-state index in [9.17, 15) is 4.79 Å². The van der Waals surface area contributed by atoms with Crippen LogP contribution >= 0.6 is 0 Å². The largest absolute Gasteiger partial charge is 0.366 e. The number of nitrogens with zero attached hydrogens (tertiary/aromatic N) is 2. The van der Waals surface area contributed by atoms with Gasteiger partial charge in [-0.05, 0) is 24.6 Å². The number of carbonyl (C=O) groups excluding carboxylic acids is 1. The molecule has 0 aliphatic rings. The fourth-order valence-corrected chi connectivity index (χ4v) is 1.99. The fraction of sp³-hybridized carbons (Fsp3) is 0.286. The van der Waals surface area contributed by atoms with E-state index in [0.29, 0.717) is 12.1 Å². The van der Waals surface area contributed by atoms with Crippen LogP contribution in [0.2, 0.25) is 0 Å². The minimum atomic E-state index is -0.404. The van der Waals surface area contributed by atoms with Gasteiger partial charge in [-0.1, -0.05) is 12.1 Å². The van der Waals surface area contributed by atoms with Crippen molar-refractivity contribution in [1.29, 1.82) is 0 Å². The molecular weight excluding hydrogens is 240 g/mol. The third kappa shape index (κ3) is 3.20. The van der Waals surface area contributed by atoms with E-state index in [4.69, 9.17) is 5.73 Å². The number of nitrogens with two attached hydrogens (primary N) is 1. The summed E-state index contributed by atoms with van der Waals surface area (Å²) in [5.74, 6) is 0.574. The van der Waals surface area contributed by atoms with E-state index in [-0.39, 0.29) is 6.04 Å². The Morgan fingerprint density at radius 3 is 2.95 bits per heavy atom. The van der Waals surface area contributed by atoms with E-state index in [1.165, 1.54) is 0 Å². The molecule has 2 rings (SSSR count). The van der Waals surface area contributed by atoms with Gasteiger partial charge in [-0.3, -0.25) is 4.79 Å². The number of hydrogen-bond donors (Lipinski definition) is 2. The van der Waals surface area contributed by atoms with Crippen LogP contribution in [0.4, 0.5) is 0 Å². The van der Waals surface area contributed by atoms with Gasteiger partial charge >= 0.3 is 0 Å². The summed E-state index contributed by atoms with van der Waals surface area (Å²) in [5, 5.41) is 3.37. The lowest BCUT2D eigenvalue weighted by atomic mass is 10.1. The van der Waals surface area contributed by atoms with E-state index in [1.807, 2.05) is 29.9 Å². The first kappa shape index (κ1) is 13.3. The first-order valence-electron chi connectivity index (χ1n) is 6.17. The van der Waals surface area contributed by atoms with Crippen molar-refractivity contribution in [3.05, 3.63) is 53.6 Å². The SMILES string of the molecule is CC(NCc1cccc(C(N)=O)c1)c1nccn1C. The number of benzene rings is 1. The van der Waals surface area contributed by atoms with Crippen LogP contribution in [0.15, 0.2) is 36.7 Å². The molecular formula is C14H18N4O. The van der Waals surface area contributed by atoms with Gasteiger partial charge in [0.15, 0.2) is 0 Å². The van der Waals surface area contributed by atoms with Crippen LogP contribution in [-0.4, -0.2) is 15.5 Å². The average Bonchev–Trinajstić information content (AvgIpc) is 2.82. The molecule has 2 aromatic rings. The normalized spacial score (nSPS) is 12.3. The standard InChI is InChI=1S/C14H18N4O/c1-10(14-16-6-7-18(14)2)17-9-11-4-3-5-12(8-11)13(15)19/h3-8,10,17H,9H2,1-2H3,(H2,15,19). The lowest BCUT2D eigenvalue weighted by Crippen LogP contribution is -2.21. The van der Waals surface area contributed by atoms with E-state index in [0.717, 1.165) is 11.4 Å². The minimum absolute atomic E-state index is 0.136. The van der Waals surface area contributed by atoms with Gasteiger partial charge in [0.1, 0.15) is 5.82 Å². The number of nitrogens with one attached hydrogen (secondary N) is 1. The van der Waals surface area contributed by atoms with Gasteiger partial charge in [-0.25, -0.2) is 4.98 Å². The maximum Gasteiger partial charge on any atom is 0.248 e. The second-order valence-corrected chi connectivity index (χ2v) is 4.56. The summed E-state index contributed by atoms with van der Waals surface area (Å²) < 4.78 is 1.98. The monoisotopic (exact) mass is 258 g/mol. The molecule has 0 saturated carbocycles. The molecule has 19 heavy (non-hydrogen) atoms.